The predicted octanol–water partition coefficient (Wildman–Crippen LogP) is 2.58. The second kappa shape index (κ2) is 11.0. The highest BCUT2D eigenvalue weighted by Gasteiger charge is 2.04. The third-order valence-corrected chi connectivity index (χ3v) is 3.27. The summed E-state index contributed by atoms with van der Waals surface area (Å²) in [6.07, 6.45) is 3.70. The Bertz CT molecular complexity index is 598. The van der Waals surface area contributed by atoms with E-state index in [1.54, 1.807) is 13.3 Å². The van der Waals surface area contributed by atoms with Gasteiger partial charge in [-0.05, 0) is 37.6 Å². The first-order valence-electron chi connectivity index (χ1n) is 7.85. The molecule has 6 nitrogen and oxygen atoms in total. The van der Waals surface area contributed by atoms with Crippen molar-refractivity contribution >= 4 is 29.9 Å². The van der Waals surface area contributed by atoms with Crippen molar-refractivity contribution in [3.8, 4) is 5.69 Å². The van der Waals surface area contributed by atoms with Crippen molar-refractivity contribution < 1.29 is 4.74 Å². The summed E-state index contributed by atoms with van der Waals surface area (Å²) in [6.45, 7) is 6.20. The summed E-state index contributed by atoms with van der Waals surface area (Å²) in [5, 5.41) is 10.8. The highest BCUT2D eigenvalue weighted by Crippen LogP contribution is 2.09. The molecule has 132 valence electrons. The largest absolute Gasteiger partial charge is 0.383 e. The Kier molecular flexibility index (Phi) is 9.39. The molecule has 0 radical (unpaired) electrons. The Hall–Kier alpha value is -1.61. The highest BCUT2D eigenvalue weighted by atomic mass is 127. The maximum atomic E-state index is 5.14. The quantitative estimate of drug-likeness (QED) is 0.393. The fourth-order valence-corrected chi connectivity index (χ4v) is 2.19. The topological polar surface area (TPSA) is 63.5 Å². The van der Waals surface area contributed by atoms with Crippen molar-refractivity contribution in [1.29, 1.82) is 0 Å². The lowest BCUT2D eigenvalue weighted by Gasteiger charge is -2.17. The Balaban J connectivity index is 0.00000288. The van der Waals surface area contributed by atoms with Gasteiger partial charge in [-0.2, -0.15) is 5.10 Å². The lowest BCUT2D eigenvalue weighted by Crippen LogP contribution is -2.43. The standard InChI is InChI=1S/C17H25N5O.HI/c1-4-18-17(21-14(2)13-23-3)19-12-15-6-8-16(9-7-15)22-11-5-10-20-22;/h5-11,14H,4,12-13H2,1-3H3,(H2,18,19,21);1H. The Morgan fingerprint density at radius 1 is 1.33 bits per heavy atom. The normalized spacial score (nSPS) is 12.4. The van der Waals surface area contributed by atoms with Gasteiger partial charge >= 0.3 is 0 Å². The molecule has 0 saturated heterocycles. The van der Waals surface area contributed by atoms with Crippen LogP contribution in [0.15, 0.2) is 47.7 Å². The highest BCUT2D eigenvalue weighted by molar-refractivity contribution is 14.0. The summed E-state index contributed by atoms with van der Waals surface area (Å²) in [7, 11) is 1.70. The van der Waals surface area contributed by atoms with Crippen LogP contribution in [0.1, 0.15) is 19.4 Å². The van der Waals surface area contributed by atoms with Crippen LogP contribution >= 0.6 is 24.0 Å². The summed E-state index contributed by atoms with van der Waals surface area (Å²) in [4.78, 5) is 4.61. The number of rotatable bonds is 7. The van der Waals surface area contributed by atoms with E-state index in [-0.39, 0.29) is 30.0 Å². The minimum absolute atomic E-state index is 0. The Morgan fingerprint density at radius 2 is 2.08 bits per heavy atom. The molecule has 0 aliphatic carbocycles. The monoisotopic (exact) mass is 443 g/mol. The van der Waals surface area contributed by atoms with Gasteiger partial charge in [-0.3, -0.25) is 0 Å². The first-order chi connectivity index (χ1) is 11.2. The summed E-state index contributed by atoms with van der Waals surface area (Å²) >= 11 is 0. The molecule has 7 heteroatoms. The molecule has 1 aromatic heterocycles. The van der Waals surface area contributed by atoms with E-state index in [0.717, 1.165) is 23.8 Å². The van der Waals surface area contributed by atoms with Gasteiger partial charge in [-0.1, -0.05) is 12.1 Å². The van der Waals surface area contributed by atoms with Crippen molar-refractivity contribution in [2.75, 3.05) is 20.3 Å². The fraction of sp³-hybridized carbons (Fsp3) is 0.412. The summed E-state index contributed by atoms with van der Waals surface area (Å²) in [6, 6.07) is 10.4. The molecule has 0 aliphatic heterocycles. The minimum Gasteiger partial charge on any atom is -0.383 e. The smallest absolute Gasteiger partial charge is 0.191 e. The van der Waals surface area contributed by atoms with E-state index in [4.69, 9.17) is 4.74 Å². The molecule has 1 unspecified atom stereocenters. The fourth-order valence-electron chi connectivity index (χ4n) is 2.19. The lowest BCUT2D eigenvalue weighted by atomic mass is 10.2. The molecule has 2 N–H and O–H groups in total. The van der Waals surface area contributed by atoms with E-state index < -0.39 is 0 Å². The molecular formula is C17H26IN5O. The average Bonchev–Trinajstić information content (AvgIpc) is 3.08. The summed E-state index contributed by atoms with van der Waals surface area (Å²) in [5.41, 5.74) is 2.19. The molecule has 1 aromatic carbocycles. The van der Waals surface area contributed by atoms with E-state index in [1.165, 1.54) is 0 Å². The van der Waals surface area contributed by atoms with Crippen LogP contribution in [0.25, 0.3) is 5.69 Å². The number of nitrogens with zero attached hydrogens (tertiary/aromatic N) is 3. The zero-order valence-electron chi connectivity index (χ0n) is 14.4. The summed E-state index contributed by atoms with van der Waals surface area (Å²) < 4.78 is 6.98. The number of hydrogen-bond donors (Lipinski definition) is 2. The molecule has 2 rings (SSSR count). The average molecular weight is 443 g/mol. The molecule has 1 atom stereocenters. The van der Waals surface area contributed by atoms with Gasteiger partial charge in [0.15, 0.2) is 5.96 Å². The third-order valence-electron chi connectivity index (χ3n) is 3.27. The van der Waals surface area contributed by atoms with Crippen LogP contribution in [0.5, 0.6) is 0 Å². The van der Waals surface area contributed by atoms with Crippen LogP contribution in [-0.2, 0) is 11.3 Å². The molecule has 0 fully saturated rings. The second-order valence-corrected chi connectivity index (χ2v) is 5.31. The zero-order chi connectivity index (χ0) is 16.5. The van der Waals surface area contributed by atoms with Gasteiger partial charge in [0.1, 0.15) is 0 Å². The van der Waals surface area contributed by atoms with Gasteiger partial charge in [0.05, 0.1) is 18.8 Å². The van der Waals surface area contributed by atoms with Crippen molar-refractivity contribution in [3.63, 3.8) is 0 Å². The molecule has 24 heavy (non-hydrogen) atoms. The molecule has 0 spiro atoms. The van der Waals surface area contributed by atoms with Gasteiger partial charge in [0.2, 0.25) is 0 Å². The molecule has 0 saturated carbocycles. The summed E-state index contributed by atoms with van der Waals surface area (Å²) in [5.74, 6) is 0.799. The SMILES string of the molecule is CCNC(=NCc1ccc(-n2cccn2)cc1)NC(C)COC.I. The third kappa shape index (κ3) is 6.48. The number of benzene rings is 1. The number of guanidine groups is 1. The number of aliphatic imine (C=N–C) groups is 1. The Morgan fingerprint density at radius 3 is 2.67 bits per heavy atom. The predicted molar refractivity (Wildman–Crippen MR) is 108 cm³/mol. The number of aromatic nitrogens is 2. The zero-order valence-corrected chi connectivity index (χ0v) is 16.7. The van der Waals surface area contributed by atoms with Crippen molar-refractivity contribution in [3.05, 3.63) is 48.3 Å². The van der Waals surface area contributed by atoms with Gasteiger partial charge in [0, 0.05) is 32.1 Å². The van der Waals surface area contributed by atoms with E-state index in [9.17, 15) is 0 Å². The van der Waals surface area contributed by atoms with Gasteiger partial charge < -0.3 is 15.4 Å². The molecule has 0 bridgehead atoms. The van der Waals surface area contributed by atoms with E-state index in [1.807, 2.05) is 29.1 Å². The van der Waals surface area contributed by atoms with E-state index >= 15 is 0 Å². The first-order valence-corrected chi connectivity index (χ1v) is 7.85. The van der Waals surface area contributed by atoms with Crippen LogP contribution in [0.3, 0.4) is 0 Å². The van der Waals surface area contributed by atoms with Crippen molar-refractivity contribution in [2.45, 2.75) is 26.4 Å². The molecule has 0 aliphatic rings. The van der Waals surface area contributed by atoms with E-state index in [0.29, 0.717) is 13.2 Å². The minimum atomic E-state index is 0. The number of nitrogens with one attached hydrogen (secondary N) is 2. The van der Waals surface area contributed by atoms with Crippen LogP contribution in [0, 0.1) is 0 Å². The van der Waals surface area contributed by atoms with Crippen molar-refractivity contribution in [2.24, 2.45) is 4.99 Å². The number of methoxy groups -OCH3 is 1. The van der Waals surface area contributed by atoms with Crippen molar-refractivity contribution in [1.82, 2.24) is 20.4 Å². The van der Waals surface area contributed by atoms with Gasteiger partial charge in [0.25, 0.3) is 0 Å². The molecular weight excluding hydrogens is 417 g/mol. The van der Waals surface area contributed by atoms with Crippen LogP contribution in [0.4, 0.5) is 0 Å². The van der Waals surface area contributed by atoms with Crippen LogP contribution in [-0.4, -0.2) is 42.0 Å². The second-order valence-electron chi connectivity index (χ2n) is 5.31. The lowest BCUT2D eigenvalue weighted by molar-refractivity contribution is 0.179. The maximum absolute atomic E-state index is 5.14. The van der Waals surface area contributed by atoms with E-state index in [2.05, 4.69) is 46.7 Å². The van der Waals surface area contributed by atoms with Crippen LogP contribution in [0.2, 0.25) is 0 Å². The Labute approximate surface area is 160 Å². The molecule has 0 amide bonds. The number of hydrogen-bond acceptors (Lipinski definition) is 3. The van der Waals surface area contributed by atoms with Crippen LogP contribution < -0.4 is 10.6 Å². The number of ether oxygens (including phenoxy) is 1. The molecule has 1 heterocycles. The van der Waals surface area contributed by atoms with Gasteiger partial charge in [-0.15, -0.1) is 24.0 Å². The van der Waals surface area contributed by atoms with Gasteiger partial charge in [-0.25, -0.2) is 9.67 Å². The first kappa shape index (κ1) is 20.4. The maximum Gasteiger partial charge on any atom is 0.191 e. The number of halogens is 1. The molecule has 2 aromatic rings.